The van der Waals surface area contributed by atoms with Crippen LogP contribution < -0.4 is 0 Å². The Morgan fingerprint density at radius 3 is 1.98 bits per heavy atom. The zero-order valence-corrected chi connectivity index (χ0v) is 21.5. The second-order valence-corrected chi connectivity index (χ2v) is 10.3. The van der Waals surface area contributed by atoms with E-state index in [9.17, 15) is 0 Å². The summed E-state index contributed by atoms with van der Waals surface area (Å²) in [5, 5.41) is 6.05. The lowest BCUT2D eigenvalue weighted by Crippen LogP contribution is -1.95. The minimum atomic E-state index is 0.993. The van der Waals surface area contributed by atoms with E-state index in [1.807, 2.05) is 12.4 Å². The van der Waals surface area contributed by atoms with E-state index in [-0.39, 0.29) is 0 Å². The molecule has 0 aliphatic heterocycles. The van der Waals surface area contributed by atoms with Crippen molar-refractivity contribution in [2.45, 2.75) is 0 Å². The second-order valence-electron chi connectivity index (χ2n) is 10.3. The van der Waals surface area contributed by atoms with E-state index >= 15 is 0 Å². The summed E-state index contributed by atoms with van der Waals surface area (Å²) in [6, 6.07) is 43.4. The molecule has 0 saturated carbocycles. The van der Waals surface area contributed by atoms with E-state index < -0.39 is 0 Å². The first-order valence-electron chi connectivity index (χ1n) is 13.5. The van der Waals surface area contributed by atoms with Gasteiger partial charge in [0.15, 0.2) is 0 Å². The van der Waals surface area contributed by atoms with Gasteiger partial charge in [-0.3, -0.25) is 9.38 Å². The van der Waals surface area contributed by atoms with Crippen molar-refractivity contribution in [3.8, 4) is 16.8 Å². The number of rotatable bonds is 2. The van der Waals surface area contributed by atoms with E-state index in [0.29, 0.717) is 0 Å². The first-order valence-corrected chi connectivity index (χ1v) is 13.5. The molecule has 0 bridgehead atoms. The third-order valence-corrected chi connectivity index (χ3v) is 8.17. The molecule has 0 fully saturated rings. The summed E-state index contributed by atoms with van der Waals surface area (Å²) in [6.07, 6.45) is 3.69. The predicted octanol–water partition coefficient (Wildman–Crippen LogP) is 8.95. The smallest absolute Gasteiger partial charge is 0.146 e. The number of nitrogens with zero attached hydrogens (tertiary/aromatic N) is 4. The largest absolute Gasteiger partial charge is 0.309 e. The summed E-state index contributed by atoms with van der Waals surface area (Å²) < 4.78 is 4.72. The molecule has 0 amide bonds. The van der Waals surface area contributed by atoms with Crippen LogP contribution >= 0.6 is 0 Å². The fourth-order valence-corrected chi connectivity index (χ4v) is 6.42. The Morgan fingerprint density at radius 1 is 0.450 bits per heavy atom. The molecule has 4 aromatic heterocycles. The van der Waals surface area contributed by atoms with Crippen LogP contribution in [-0.2, 0) is 0 Å². The molecule has 0 radical (unpaired) electrons. The van der Waals surface area contributed by atoms with Gasteiger partial charge in [0.25, 0.3) is 0 Å². The van der Waals surface area contributed by atoms with Gasteiger partial charge in [-0.25, -0.2) is 4.98 Å². The van der Waals surface area contributed by atoms with Gasteiger partial charge in [-0.05, 0) is 65.0 Å². The molecule has 5 aromatic carbocycles. The van der Waals surface area contributed by atoms with Gasteiger partial charge in [-0.1, -0.05) is 72.8 Å². The van der Waals surface area contributed by atoms with E-state index in [1.54, 1.807) is 0 Å². The fourth-order valence-electron chi connectivity index (χ4n) is 6.42. The lowest BCUT2D eigenvalue weighted by Gasteiger charge is -2.11. The lowest BCUT2D eigenvalue weighted by atomic mass is 10.1. The molecule has 40 heavy (non-hydrogen) atoms. The number of hydrogen-bond donors (Lipinski definition) is 0. The highest BCUT2D eigenvalue weighted by Gasteiger charge is 2.18. The Labute approximate surface area is 229 Å². The van der Waals surface area contributed by atoms with Gasteiger partial charge in [-0.2, -0.15) is 0 Å². The molecule has 9 rings (SSSR count). The van der Waals surface area contributed by atoms with Crippen molar-refractivity contribution >= 4 is 60.2 Å². The number of pyridine rings is 2. The zero-order chi connectivity index (χ0) is 26.2. The van der Waals surface area contributed by atoms with E-state index in [0.717, 1.165) is 27.9 Å². The van der Waals surface area contributed by atoms with Gasteiger partial charge < -0.3 is 4.57 Å². The zero-order valence-electron chi connectivity index (χ0n) is 21.5. The first-order chi connectivity index (χ1) is 19.8. The number of hydrogen-bond acceptors (Lipinski definition) is 2. The van der Waals surface area contributed by atoms with E-state index in [4.69, 9.17) is 4.98 Å². The molecule has 4 heteroatoms. The minimum absolute atomic E-state index is 0.993. The highest BCUT2D eigenvalue weighted by atomic mass is 15.0. The van der Waals surface area contributed by atoms with Crippen molar-refractivity contribution in [2.24, 2.45) is 0 Å². The van der Waals surface area contributed by atoms with Crippen LogP contribution in [-0.4, -0.2) is 18.9 Å². The first kappa shape index (κ1) is 21.5. The summed E-state index contributed by atoms with van der Waals surface area (Å²) >= 11 is 0. The molecule has 4 heterocycles. The summed E-state index contributed by atoms with van der Waals surface area (Å²) in [5.74, 6) is 0. The van der Waals surface area contributed by atoms with Crippen LogP contribution in [0, 0.1) is 0 Å². The maximum Gasteiger partial charge on any atom is 0.146 e. The molecule has 0 unspecified atom stereocenters. The van der Waals surface area contributed by atoms with Crippen molar-refractivity contribution in [2.75, 3.05) is 0 Å². The Morgan fingerprint density at radius 2 is 1.15 bits per heavy atom. The molecular formula is C36H22N4. The van der Waals surface area contributed by atoms with Crippen molar-refractivity contribution < 1.29 is 0 Å². The standard InChI is InChI=1S/C36H22N4/c1-2-13-29-26(10-1)27-11-3-6-15-33(27)40-35-22-34-30(21-31(35)38-36(29)40)28-12-4-5-14-32(28)39(34)25-9-7-8-24(20-25)23-16-18-37-19-17-23/h1-22H. The lowest BCUT2D eigenvalue weighted by molar-refractivity contribution is 1.18. The number of benzene rings is 5. The monoisotopic (exact) mass is 510 g/mol. The molecule has 4 nitrogen and oxygen atoms in total. The summed E-state index contributed by atoms with van der Waals surface area (Å²) in [4.78, 5) is 9.43. The van der Waals surface area contributed by atoms with Crippen molar-refractivity contribution in [3.05, 3.63) is 134 Å². The molecular weight excluding hydrogens is 488 g/mol. The number of imidazole rings is 1. The van der Waals surface area contributed by atoms with Crippen LogP contribution in [0.15, 0.2) is 134 Å². The van der Waals surface area contributed by atoms with Gasteiger partial charge in [-0.15, -0.1) is 0 Å². The molecule has 186 valence electrons. The molecule has 0 aliphatic carbocycles. The van der Waals surface area contributed by atoms with Crippen LogP contribution in [0.3, 0.4) is 0 Å². The SMILES string of the molecule is c1cc(-c2ccncc2)cc(-n2c3ccccc3c3cc4nc5c6ccccc6c6ccccc6n5c4cc32)c1. The molecule has 0 atom stereocenters. The van der Waals surface area contributed by atoms with Crippen molar-refractivity contribution in [1.82, 2.24) is 18.9 Å². The van der Waals surface area contributed by atoms with E-state index in [1.165, 1.54) is 49.0 Å². The quantitative estimate of drug-likeness (QED) is 0.218. The topological polar surface area (TPSA) is 35.1 Å². The van der Waals surface area contributed by atoms with Crippen LogP contribution in [0.25, 0.3) is 77.0 Å². The average molecular weight is 511 g/mol. The molecule has 0 aliphatic rings. The second kappa shape index (κ2) is 8.01. The summed E-state index contributed by atoms with van der Waals surface area (Å²) in [5.41, 5.74) is 10.1. The van der Waals surface area contributed by atoms with Crippen molar-refractivity contribution in [1.29, 1.82) is 0 Å². The van der Waals surface area contributed by atoms with E-state index in [2.05, 4.69) is 135 Å². The van der Waals surface area contributed by atoms with Crippen LogP contribution in [0.2, 0.25) is 0 Å². The number of aromatic nitrogens is 4. The maximum atomic E-state index is 5.23. The van der Waals surface area contributed by atoms with Gasteiger partial charge in [0.1, 0.15) is 5.65 Å². The highest BCUT2D eigenvalue weighted by Crippen LogP contribution is 2.38. The predicted molar refractivity (Wildman–Crippen MR) is 165 cm³/mol. The Bertz CT molecular complexity index is 2430. The Kier molecular flexibility index (Phi) is 4.30. The maximum absolute atomic E-state index is 5.23. The van der Waals surface area contributed by atoms with Crippen LogP contribution in [0.1, 0.15) is 0 Å². The molecule has 0 saturated heterocycles. The molecule has 0 spiro atoms. The van der Waals surface area contributed by atoms with Crippen molar-refractivity contribution in [3.63, 3.8) is 0 Å². The Hall–Kier alpha value is -5.48. The Balaban J connectivity index is 1.43. The van der Waals surface area contributed by atoms with Gasteiger partial charge in [0.2, 0.25) is 0 Å². The van der Waals surface area contributed by atoms with Gasteiger partial charge >= 0.3 is 0 Å². The minimum Gasteiger partial charge on any atom is -0.309 e. The normalized spacial score (nSPS) is 12.0. The average Bonchev–Trinajstić information content (AvgIpc) is 3.56. The van der Waals surface area contributed by atoms with Crippen LogP contribution in [0.5, 0.6) is 0 Å². The third kappa shape index (κ3) is 2.90. The van der Waals surface area contributed by atoms with Gasteiger partial charge in [0, 0.05) is 39.6 Å². The summed E-state index contributed by atoms with van der Waals surface area (Å²) in [7, 11) is 0. The number of para-hydroxylation sites is 2. The highest BCUT2D eigenvalue weighted by molar-refractivity contribution is 6.17. The fraction of sp³-hybridized carbons (Fsp3) is 0. The third-order valence-electron chi connectivity index (χ3n) is 8.17. The van der Waals surface area contributed by atoms with Crippen LogP contribution in [0.4, 0.5) is 0 Å². The number of fused-ring (bicyclic) bond motifs is 11. The molecule has 0 N–H and O–H groups in total. The molecule has 9 aromatic rings. The van der Waals surface area contributed by atoms with Gasteiger partial charge in [0.05, 0.1) is 27.6 Å². The summed E-state index contributed by atoms with van der Waals surface area (Å²) in [6.45, 7) is 0.